The van der Waals surface area contributed by atoms with Crippen LogP contribution >= 0.6 is 0 Å². The number of carbonyl (C=O) groups excluding carboxylic acids is 1. The fourth-order valence-electron chi connectivity index (χ4n) is 1.72. The molecule has 12 heavy (non-hydrogen) atoms. The predicted molar refractivity (Wildman–Crippen MR) is 50.2 cm³/mol. The minimum atomic E-state index is 0.330. The van der Waals surface area contributed by atoms with Crippen LogP contribution in [0.2, 0.25) is 0 Å². The largest absolute Gasteiger partial charge is 0.303 e. The Labute approximate surface area is 74.9 Å². The fraction of sp³-hybridized carbons (Fsp3) is 0.900. The quantitative estimate of drug-likeness (QED) is 0.585. The van der Waals surface area contributed by atoms with Gasteiger partial charge in [-0.15, -0.1) is 0 Å². The van der Waals surface area contributed by atoms with Gasteiger partial charge in [0.1, 0.15) is 5.78 Å². The molecule has 0 N–H and O–H groups in total. The van der Waals surface area contributed by atoms with Crippen LogP contribution in [0.3, 0.4) is 0 Å². The van der Waals surface area contributed by atoms with E-state index in [1.54, 1.807) is 6.92 Å². The van der Waals surface area contributed by atoms with Crippen LogP contribution in [0.1, 0.15) is 39.0 Å². The van der Waals surface area contributed by atoms with E-state index in [1.165, 1.54) is 38.9 Å². The predicted octanol–water partition coefficient (Wildman–Crippen LogP) is 1.84. The number of Topliss-reactive ketones (excluding diaryl/α,β-unsaturated/α-hetero) is 1. The van der Waals surface area contributed by atoms with Gasteiger partial charge in [0.25, 0.3) is 0 Å². The van der Waals surface area contributed by atoms with Crippen molar-refractivity contribution >= 4 is 5.78 Å². The summed E-state index contributed by atoms with van der Waals surface area (Å²) in [6.07, 6.45) is 5.78. The molecule has 1 heterocycles. The Bertz CT molecular complexity index is 139. The molecule has 0 radical (unpaired) electrons. The van der Waals surface area contributed by atoms with Crippen LogP contribution in [0.15, 0.2) is 0 Å². The Hall–Kier alpha value is -0.370. The van der Waals surface area contributed by atoms with E-state index in [0.717, 1.165) is 12.8 Å². The van der Waals surface area contributed by atoms with Crippen molar-refractivity contribution in [3.63, 3.8) is 0 Å². The van der Waals surface area contributed by atoms with Crippen LogP contribution in [0.25, 0.3) is 0 Å². The zero-order valence-electron chi connectivity index (χ0n) is 8.01. The molecule has 1 aliphatic heterocycles. The molecule has 1 fully saturated rings. The normalized spacial score (nSPS) is 18.4. The summed E-state index contributed by atoms with van der Waals surface area (Å²) in [7, 11) is 0. The van der Waals surface area contributed by atoms with Crippen LogP contribution < -0.4 is 0 Å². The molecule has 2 nitrogen and oxygen atoms in total. The van der Waals surface area contributed by atoms with E-state index in [4.69, 9.17) is 0 Å². The van der Waals surface area contributed by atoms with Gasteiger partial charge in [0.05, 0.1) is 0 Å². The van der Waals surface area contributed by atoms with Gasteiger partial charge < -0.3 is 9.69 Å². The maximum atomic E-state index is 10.6. The lowest BCUT2D eigenvalue weighted by Crippen LogP contribution is -2.20. The first kappa shape index (κ1) is 9.72. The Morgan fingerprint density at radius 2 is 1.92 bits per heavy atom. The Kier molecular flexibility index (Phi) is 4.30. The van der Waals surface area contributed by atoms with Gasteiger partial charge in [-0.1, -0.05) is 0 Å². The molecule has 0 amide bonds. The van der Waals surface area contributed by atoms with E-state index in [-0.39, 0.29) is 0 Å². The first-order valence-corrected chi connectivity index (χ1v) is 5.01. The second-order valence-electron chi connectivity index (χ2n) is 3.71. The van der Waals surface area contributed by atoms with Crippen LogP contribution in [0.5, 0.6) is 0 Å². The molecule has 0 aromatic heterocycles. The standard InChI is InChI=1S/C10H19NO/c1-10(12)6-2-3-7-11-8-4-5-9-11/h2-9H2,1H3. The van der Waals surface area contributed by atoms with Crippen molar-refractivity contribution in [2.75, 3.05) is 19.6 Å². The van der Waals surface area contributed by atoms with Crippen LogP contribution in [-0.4, -0.2) is 30.3 Å². The molecule has 0 aromatic carbocycles. The maximum Gasteiger partial charge on any atom is 0.129 e. The summed E-state index contributed by atoms with van der Waals surface area (Å²) < 4.78 is 0. The summed E-state index contributed by atoms with van der Waals surface area (Å²) in [5.41, 5.74) is 0. The number of rotatable bonds is 5. The second-order valence-corrected chi connectivity index (χ2v) is 3.71. The molecule has 2 heteroatoms. The molecule has 0 bridgehead atoms. The van der Waals surface area contributed by atoms with Gasteiger partial charge in [-0.25, -0.2) is 0 Å². The SMILES string of the molecule is CC(=O)CCCCN1CCCC1. The average molecular weight is 169 g/mol. The summed E-state index contributed by atoms with van der Waals surface area (Å²) in [4.78, 5) is 13.1. The van der Waals surface area contributed by atoms with E-state index in [2.05, 4.69) is 4.90 Å². The number of nitrogens with zero attached hydrogens (tertiary/aromatic N) is 1. The van der Waals surface area contributed by atoms with Gasteiger partial charge in [-0.05, 0) is 52.2 Å². The fourth-order valence-corrected chi connectivity index (χ4v) is 1.72. The highest BCUT2D eigenvalue weighted by atomic mass is 16.1. The Balaban J connectivity index is 1.91. The van der Waals surface area contributed by atoms with E-state index >= 15 is 0 Å². The van der Waals surface area contributed by atoms with Crippen LogP contribution in [0.4, 0.5) is 0 Å². The number of likely N-dealkylation sites (tertiary alicyclic amines) is 1. The van der Waals surface area contributed by atoms with Gasteiger partial charge in [0.15, 0.2) is 0 Å². The Morgan fingerprint density at radius 3 is 2.50 bits per heavy atom. The van der Waals surface area contributed by atoms with Crippen molar-refractivity contribution in [1.29, 1.82) is 0 Å². The number of hydrogen-bond acceptors (Lipinski definition) is 2. The molecule has 0 atom stereocenters. The maximum absolute atomic E-state index is 10.6. The van der Waals surface area contributed by atoms with E-state index < -0.39 is 0 Å². The molecule has 0 unspecified atom stereocenters. The second kappa shape index (κ2) is 5.31. The summed E-state index contributed by atoms with van der Waals surface area (Å²) >= 11 is 0. The lowest BCUT2D eigenvalue weighted by molar-refractivity contribution is -0.117. The van der Waals surface area contributed by atoms with Gasteiger partial charge in [0.2, 0.25) is 0 Å². The number of unbranched alkanes of at least 4 members (excludes halogenated alkanes) is 1. The molecular formula is C10H19NO. The molecule has 1 aliphatic rings. The summed E-state index contributed by atoms with van der Waals surface area (Å²) in [6, 6.07) is 0. The third-order valence-corrected chi connectivity index (χ3v) is 2.45. The van der Waals surface area contributed by atoms with Crippen molar-refractivity contribution < 1.29 is 4.79 Å². The zero-order valence-corrected chi connectivity index (χ0v) is 8.01. The molecule has 1 saturated heterocycles. The van der Waals surface area contributed by atoms with Gasteiger partial charge in [-0.2, -0.15) is 0 Å². The molecule has 0 spiro atoms. The number of carbonyl (C=O) groups is 1. The zero-order chi connectivity index (χ0) is 8.81. The van der Waals surface area contributed by atoms with E-state index in [0.29, 0.717) is 5.78 Å². The summed E-state index contributed by atoms with van der Waals surface area (Å²) in [5, 5.41) is 0. The Morgan fingerprint density at radius 1 is 1.25 bits per heavy atom. The minimum Gasteiger partial charge on any atom is -0.303 e. The summed E-state index contributed by atoms with van der Waals surface area (Å²) in [5.74, 6) is 0.330. The van der Waals surface area contributed by atoms with Crippen molar-refractivity contribution in [3.8, 4) is 0 Å². The first-order valence-electron chi connectivity index (χ1n) is 5.01. The molecule has 0 saturated carbocycles. The monoisotopic (exact) mass is 169 g/mol. The third-order valence-electron chi connectivity index (χ3n) is 2.45. The van der Waals surface area contributed by atoms with Crippen molar-refractivity contribution in [2.24, 2.45) is 0 Å². The molecule has 1 rings (SSSR count). The number of hydrogen-bond donors (Lipinski definition) is 0. The topological polar surface area (TPSA) is 20.3 Å². The van der Waals surface area contributed by atoms with Crippen LogP contribution in [0, 0.1) is 0 Å². The minimum absolute atomic E-state index is 0.330. The van der Waals surface area contributed by atoms with Gasteiger partial charge in [0, 0.05) is 6.42 Å². The van der Waals surface area contributed by atoms with E-state index in [9.17, 15) is 4.79 Å². The highest BCUT2D eigenvalue weighted by Crippen LogP contribution is 2.08. The molecule has 0 aromatic rings. The lowest BCUT2D eigenvalue weighted by Gasteiger charge is -2.13. The van der Waals surface area contributed by atoms with Gasteiger partial charge >= 0.3 is 0 Å². The van der Waals surface area contributed by atoms with Crippen molar-refractivity contribution in [2.45, 2.75) is 39.0 Å². The van der Waals surface area contributed by atoms with Crippen molar-refractivity contribution in [3.05, 3.63) is 0 Å². The highest BCUT2D eigenvalue weighted by Gasteiger charge is 2.09. The third kappa shape index (κ3) is 3.86. The highest BCUT2D eigenvalue weighted by molar-refractivity contribution is 5.75. The lowest BCUT2D eigenvalue weighted by atomic mass is 10.2. The van der Waals surface area contributed by atoms with Gasteiger partial charge in [-0.3, -0.25) is 0 Å². The molecule has 70 valence electrons. The average Bonchev–Trinajstić information content (AvgIpc) is 2.49. The molecular weight excluding hydrogens is 150 g/mol. The van der Waals surface area contributed by atoms with E-state index in [1.807, 2.05) is 0 Å². The number of ketones is 1. The van der Waals surface area contributed by atoms with Crippen LogP contribution in [-0.2, 0) is 4.79 Å². The van der Waals surface area contributed by atoms with Crippen molar-refractivity contribution in [1.82, 2.24) is 4.90 Å². The first-order chi connectivity index (χ1) is 5.79. The smallest absolute Gasteiger partial charge is 0.129 e. The summed E-state index contributed by atoms with van der Waals surface area (Å²) in [6.45, 7) is 5.43. The molecule has 0 aliphatic carbocycles.